The minimum Gasteiger partial charge on any atom is -0.508 e. The first-order valence-corrected chi connectivity index (χ1v) is 14.4. The van der Waals surface area contributed by atoms with Gasteiger partial charge < -0.3 is 15.0 Å². The minimum atomic E-state index is -1.04. The number of H-pyrrole nitrogens is 1. The van der Waals surface area contributed by atoms with Crippen LogP contribution < -0.4 is 5.56 Å². The van der Waals surface area contributed by atoms with E-state index >= 15 is 4.39 Å². The SMILES string of the molecule is CN1CCC(c2ccc(-c3ccc4ccn(C(c5nc6ccccc6[nH]5)c5cc(F)ccc5O)c(=O)c4c3F)cc2)CC1. The van der Waals surface area contributed by atoms with Gasteiger partial charge in [-0.05, 0) is 91.8 Å². The number of rotatable bonds is 5. The molecule has 1 saturated heterocycles. The lowest BCUT2D eigenvalue weighted by Gasteiger charge is -2.29. The highest BCUT2D eigenvalue weighted by molar-refractivity contribution is 5.87. The molecule has 43 heavy (non-hydrogen) atoms. The van der Waals surface area contributed by atoms with Crippen molar-refractivity contribution in [3.8, 4) is 16.9 Å². The van der Waals surface area contributed by atoms with E-state index in [0.29, 0.717) is 39.3 Å². The van der Waals surface area contributed by atoms with Crippen molar-refractivity contribution in [2.75, 3.05) is 20.1 Å². The fourth-order valence-corrected chi connectivity index (χ4v) is 6.28. The summed E-state index contributed by atoms with van der Waals surface area (Å²) >= 11 is 0. The zero-order chi connectivity index (χ0) is 29.7. The van der Waals surface area contributed by atoms with Gasteiger partial charge in [-0.3, -0.25) is 9.36 Å². The number of phenols is 1. The highest BCUT2D eigenvalue weighted by atomic mass is 19.1. The number of benzene rings is 4. The van der Waals surface area contributed by atoms with Gasteiger partial charge in [0.2, 0.25) is 0 Å². The second-order valence-corrected chi connectivity index (χ2v) is 11.4. The molecule has 7 rings (SSSR count). The van der Waals surface area contributed by atoms with Crippen molar-refractivity contribution in [1.29, 1.82) is 0 Å². The molecule has 2 N–H and O–H groups in total. The van der Waals surface area contributed by atoms with E-state index in [1.165, 1.54) is 28.5 Å². The summed E-state index contributed by atoms with van der Waals surface area (Å²) in [6.07, 6.45) is 3.71. The molecule has 1 aliphatic rings. The van der Waals surface area contributed by atoms with Crippen LogP contribution in [-0.4, -0.2) is 44.7 Å². The number of nitrogens with one attached hydrogen (secondary N) is 1. The molecule has 0 aliphatic carbocycles. The Morgan fingerprint density at radius 3 is 2.49 bits per heavy atom. The Hall–Kier alpha value is -4.82. The van der Waals surface area contributed by atoms with Gasteiger partial charge in [-0.15, -0.1) is 0 Å². The maximum absolute atomic E-state index is 16.3. The van der Waals surface area contributed by atoms with E-state index in [1.54, 1.807) is 18.2 Å². The highest BCUT2D eigenvalue weighted by Gasteiger charge is 2.27. The fraction of sp³-hybridized carbons (Fsp3) is 0.200. The van der Waals surface area contributed by atoms with Crippen LogP contribution in [0, 0.1) is 11.6 Å². The Labute approximate surface area is 246 Å². The van der Waals surface area contributed by atoms with E-state index in [-0.39, 0.29) is 16.7 Å². The Morgan fingerprint density at radius 2 is 1.72 bits per heavy atom. The zero-order valence-electron chi connectivity index (χ0n) is 23.6. The quantitative estimate of drug-likeness (QED) is 0.232. The molecule has 1 aliphatic heterocycles. The van der Waals surface area contributed by atoms with Crippen molar-refractivity contribution in [3.63, 3.8) is 0 Å². The molecule has 0 saturated carbocycles. The number of para-hydroxylation sites is 2. The van der Waals surface area contributed by atoms with E-state index < -0.39 is 23.2 Å². The molecule has 1 unspecified atom stereocenters. The third-order valence-electron chi connectivity index (χ3n) is 8.68. The lowest BCUT2D eigenvalue weighted by Crippen LogP contribution is -2.29. The molecule has 8 heteroatoms. The first-order chi connectivity index (χ1) is 20.9. The average molecular weight is 577 g/mol. The first kappa shape index (κ1) is 27.0. The van der Waals surface area contributed by atoms with Gasteiger partial charge in [0.05, 0.1) is 16.4 Å². The van der Waals surface area contributed by atoms with E-state index in [0.717, 1.165) is 32.0 Å². The Balaban J connectivity index is 1.35. The van der Waals surface area contributed by atoms with Gasteiger partial charge in [0, 0.05) is 17.3 Å². The number of likely N-dealkylation sites (tertiary alicyclic amines) is 1. The molecule has 2 aromatic heterocycles. The van der Waals surface area contributed by atoms with Gasteiger partial charge in [0.1, 0.15) is 29.3 Å². The molecule has 216 valence electrons. The number of hydrogen-bond donors (Lipinski definition) is 2. The number of imidazole rings is 1. The normalized spacial score (nSPS) is 15.3. The molecule has 4 aromatic carbocycles. The predicted octanol–water partition coefficient (Wildman–Crippen LogP) is 6.98. The molecule has 0 amide bonds. The fourth-order valence-electron chi connectivity index (χ4n) is 6.28. The molecule has 6 nitrogen and oxygen atoms in total. The summed E-state index contributed by atoms with van der Waals surface area (Å²) < 4.78 is 32.1. The third kappa shape index (κ3) is 4.87. The maximum Gasteiger partial charge on any atom is 0.262 e. The Kier molecular flexibility index (Phi) is 6.78. The summed E-state index contributed by atoms with van der Waals surface area (Å²) in [5.41, 5.74) is 3.11. The number of aromatic hydroxyl groups is 1. The number of nitrogens with zero attached hydrogens (tertiary/aromatic N) is 3. The lowest BCUT2D eigenvalue weighted by atomic mass is 9.88. The van der Waals surface area contributed by atoms with Crippen molar-refractivity contribution in [2.24, 2.45) is 0 Å². The van der Waals surface area contributed by atoms with Crippen LogP contribution in [0.1, 0.15) is 41.8 Å². The minimum absolute atomic E-state index is 0.0867. The molecule has 0 radical (unpaired) electrons. The van der Waals surface area contributed by atoms with Gasteiger partial charge in [0.25, 0.3) is 5.56 Å². The Morgan fingerprint density at radius 1 is 0.953 bits per heavy atom. The summed E-state index contributed by atoms with van der Waals surface area (Å²) in [4.78, 5) is 24.3. The molecule has 1 atom stereocenters. The first-order valence-electron chi connectivity index (χ1n) is 14.4. The van der Waals surface area contributed by atoms with E-state index in [1.807, 2.05) is 36.4 Å². The largest absolute Gasteiger partial charge is 0.508 e. The number of fused-ring (bicyclic) bond motifs is 2. The van der Waals surface area contributed by atoms with Crippen LogP contribution in [0.2, 0.25) is 0 Å². The second kappa shape index (κ2) is 10.8. The van der Waals surface area contributed by atoms with Crippen molar-refractivity contribution in [2.45, 2.75) is 24.8 Å². The second-order valence-electron chi connectivity index (χ2n) is 11.4. The third-order valence-corrected chi connectivity index (χ3v) is 8.68. The number of hydrogen-bond acceptors (Lipinski definition) is 4. The van der Waals surface area contributed by atoms with Gasteiger partial charge in [0.15, 0.2) is 0 Å². The zero-order valence-corrected chi connectivity index (χ0v) is 23.6. The van der Waals surface area contributed by atoms with Crippen LogP contribution >= 0.6 is 0 Å². The van der Waals surface area contributed by atoms with Crippen LogP contribution in [0.15, 0.2) is 95.9 Å². The van der Waals surface area contributed by atoms with Crippen molar-refractivity contribution in [1.82, 2.24) is 19.4 Å². The highest BCUT2D eigenvalue weighted by Crippen LogP contribution is 2.35. The predicted molar refractivity (Wildman–Crippen MR) is 164 cm³/mol. The molecular formula is C35H30F2N4O2. The number of halogens is 2. The summed E-state index contributed by atoms with van der Waals surface area (Å²) in [6.45, 7) is 2.11. The number of aromatic nitrogens is 3. The van der Waals surface area contributed by atoms with Crippen LogP contribution in [-0.2, 0) is 0 Å². The molecule has 6 aromatic rings. The summed E-state index contributed by atoms with van der Waals surface area (Å²) in [6, 6.07) is 22.9. The smallest absolute Gasteiger partial charge is 0.262 e. The van der Waals surface area contributed by atoms with Crippen LogP contribution in [0.25, 0.3) is 32.9 Å². The van der Waals surface area contributed by atoms with Gasteiger partial charge in [-0.25, -0.2) is 13.8 Å². The van der Waals surface area contributed by atoms with Crippen LogP contribution in [0.3, 0.4) is 0 Å². The average Bonchev–Trinajstić information content (AvgIpc) is 3.45. The van der Waals surface area contributed by atoms with E-state index in [9.17, 15) is 14.3 Å². The topological polar surface area (TPSA) is 74.2 Å². The Bertz CT molecular complexity index is 1990. The summed E-state index contributed by atoms with van der Waals surface area (Å²) in [5, 5.41) is 11.1. The van der Waals surface area contributed by atoms with Crippen LogP contribution in [0.4, 0.5) is 8.78 Å². The number of piperidine rings is 1. The maximum atomic E-state index is 16.3. The van der Waals surface area contributed by atoms with E-state index in [2.05, 4.69) is 34.0 Å². The molecule has 0 bridgehead atoms. The van der Waals surface area contributed by atoms with Gasteiger partial charge in [-0.1, -0.05) is 48.5 Å². The van der Waals surface area contributed by atoms with Crippen molar-refractivity contribution < 1.29 is 13.9 Å². The standard InChI is InChI=1S/C35H30F2N4O2/c1-40-17-14-22(15-18-40)21-6-8-23(9-7-21)26-12-10-24-16-19-41(35(43)31(24)32(26)37)33(27-20-25(36)11-13-30(27)42)34-38-28-4-2-3-5-29(28)39-34/h2-13,16,19-20,22,33,42H,14-15,17-18H2,1H3,(H,38,39). The molecular weight excluding hydrogens is 546 g/mol. The summed E-state index contributed by atoms with van der Waals surface area (Å²) in [7, 11) is 2.13. The molecule has 1 fully saturated rings. The number of aromatic amines is 1. The van der Waals surface area contributed by atoms with Gasteiger partial charge in [-0.2, -0.15) is 0 Å². The summed E-state index contributed by atoms with van der Waals surface area (Å²) in [5.74, 6) is -0.633. The molecule has 0 spiro atoms. The number of phenolic OH excluding ortho intramolecular Hbond substituents is 1. The van der Waals surface area contributed by atoms with Crippen molar-refractivity contribution in [3.05, 3.63) is 130 Å². The van der Waals surface area contributed by atoms with Crippen LogP contribution in [0.5, 0.6) is 5.75 Å². The van der Waals surface area contributed by atoms with Gasteiger partial charge >= 0.3 is 0 Å². The lowest BCUT2D eigenvalue weighted by molar-refractivity contribution is 0.255. The van der Waals surface area contributed by atoms with Crippen molar-refractivity contribution >= 4 is 21.8 Å². The van der Waals surface area contributed by atoms with E-state index in [4.69, 9.17) is 0 Å². The molecule has 3 heterocycles. The monoisotopic (exact) mass is 576 g/mol. The number of pyridine rings is 1.